The van der Waals surface area contributed by atoms with Crippen LogP contribution < -0.4 is 5.32 Å². The minimum absolute atomic E-state index is 0.00248. The van der Waals surface area contributed by atoms with Crippen molar-refractivity contribution in [1.29, 1.82) is 0 Å². The number of hydrogen-bond donors (Lipinski definition) is 2. The summed E-state index contributed by atoms with van der Waals surface area (Å²) in [5.41, 5.74) is 1.92. The fraction of sp³-hybridized carbons (Fsp3) is 0.455. The maximum Gasteiger partial charge on any atom is 0.155 e. The predicted octanol–water partition coefficient (Wildman–Crippen LogP) is 0.565. The Morgan fingerprint density at radius 3 is 2.56 bits per heavy atom. The standard InChI is InChI=1S/C11H15NO3S/c1-8-4-2-3-5-9(8)12-10-6-16(14,15)7-11(10)13/h2-5,10-13H,6-7H2,1H3/t10-,11-/m0/s1. The highest BCUT2D eigenvalue weighted by atomic mass is 32.2. The Bertz CT molecular complexity index is 484. The van der Waals surface area contributed by atoms with Crippen LogP contribution in [-0.2, 0) is 9.84 Å². The van der Waals surface area contributed by atoms with Crippen molar-refractivity contribution < 1.29 is 13.5 Å². The van der Waals surface area contributed by atoms with E-state index in [-0.39, 0.29) is 11.5 Å². The average molecular weight is 241 g/mol. The van der Waals surface area contributed by atoms with Gasteiger partial charge in [0.2, 0.25) is 0 Å². The first kappa shape index (κ1) is 11.4. The molecule has 1 aromatic carbocycles. The molecule has 2 atom stereocenters. The van der Waals surface area contributed by atoms with E-state index in [1.165, 1.54) is 0 Å². The van der Waals surface area contributed by atoms with Gasteiger partial charge in [0, 0.05) is 5.69 Å². The van der Waals surface area contributed by atoms with Crippen molar-refractivity contribution in [3.8, 4) is 0 Å². The molecule has 0 aromatic heterocycles. The highest BCUT2D eigenvalue weighted by Gasteiger charge is 2.36. The molecule has 4 nitrogen and oxygen atoms in total. The SMILES string of the molecule is Cc1ccccc1N[C@H]1CS(=O)(=O)C[C@@H]1O. The van der Waals surface area contributed by atoms with Crippen LogP contribution in [0.2, 0.25) is 0 Å². The van der Waals surface area contributed by atoms with Gasteiger partial charge in [-0.3, -0.25) is 0 Å². The molecular weight excluding hydrogens is 226 g/mol. The summed E-state index contributed by atoms with van der Waals surface area (Å²) >= 11 is 0. The quantitative estimate of drug-likeness (QED) is 0.794. The summed E-state index contributed by atoms with van der Waals surface area (Å²) in [6.07, 6.45) is -0.815. The van der Waals surface area contributed by atoms with Crippen molar-refractivity contribution in [2.75, 3.05) is 16.8 Å². The molecule has 0 saturated carbocycles. The third-order valence-electron chi connectivity index (χ3n) is 2.81. The maximum absolute atomic E-state index is 11.3. The molecule has 0 unspecified atom stereocenters. The molecule has 1 heterocycles. The zero-order chi connectivity index (χ0) is 11.8. The first-order chi connectivity index (χ1) is 7.48. The fourth-order valence-corrected chi connectivity index (χ4v) is 3.64. The van der Waals surface area contributed by atoms with Gasteiger partial charge >= 0.3 is 0 Å². The van der Waals surface area contributed by atoms with Gasteiger partial charge in [-0.25, -0.2) is 8.42 Å². The van der Waals surface area contributed by atoms with Gasteiger partial charge in [0.05, 0.1) is 23.7 Å². The summed E-state index contributed by atoms with van der Waals surface area (Å²) < 4.78 is 22.7. The lowest BCUT2D eigenvalue weighted by Crippen LogP contribution is -2.32. The lowest BCUT2D eigenvalue weighted by molar-refractivity contribution is 0.190. The van der Waals surface area contributed by atoms with Crippen molar-refractivity contribution in [3.05, 3.63) is 29.8 Å². The predicted molar refractivity (Wildman–Crippen MR) is 63.3 cm³/mol. The number of aryl methyl sites for hydroxylation is 1. The lowest BCUT2D eigenvalue weighted by atomic mass is 10.1. The molecule has 0 radical (unpaired) electrons. The van der Waals surface area contributed by atoms with Crippen LogP contribution in [0.5, 0.6) is 0 Å². The molecule has 2 N–H and O–H groups in total. The number of hydrogen-bond acceptors (Lipinski definition) is 4. The molecule has 1 aliphatic rings. The van der Waals surface area contributed by atoms with Gasteiger partial charge in [0.1, 0.15) is 0 Å². The van der Waals surface area contributed by atoms with Crippen molar-refractivity contribution in [2.24, 2.45) is 0 Å². The van der Waals surface area contributed by atoms with E-state index in [0.717, 1.165) is 11.3 Å². The monoisotopic (exact) mass is 241 g/mol. The van der Waals surface area contributed by atoms with Crippen LogP contribution in [0.15, 0.2) is 24.3 Å². The van der Waals surface area contributed by atoms with Crippen LogP contribution in [0.4, 0.5) is 5.69 Å². The van der Waals surface area contributed by atoms with Crippen LogP contribution >= 0.6 is 0 Å². The Labute approximate surface area is 95.2 Å². The Kier molecular flexibility index (Phi) is 2.90. The molecule has 0 amide bonds. The smallest absolute Gasteiger partial charge is 0.155 e. The van der Waals surface area contributed by atoms with E-state index in [1.807, 2.05) is 31.2 Å². The molecule has 1 aromatic rings. The van der Waals surface area contributed by atoms with Gasteiger partial charge in [0.25, 0.3) is 0 Å². The molecule has 1 fully saturated rings. The second kappa shape index (κ2) is 4.07. The van der Waals surface area contributed by atoms with Gasteiger partial charge in [-0.2, -0.15) is 0 Å². The van der Waals surface area contributed by atoms with Crippen LogP contribution in [0.25, 0.3) is 0 Å². The summed E-state index contributed by atoms with van der Waals surface area (Å²) in [6.45, 7) is 1.94. The number of rotatable bonds is 2. The molecule has 0 spiro atoms. The Hall–Kier alpha value is -1.07. The minimum atomic E-state index is -3.09. The molecule has 2 rings (SSSR count). The summed E-state index contributed by atoms with van der Waals surface area (Å²) in [6, 6.07) is 7.23. The highest BCUT2D eigenvalue weighted by Crippen LogP contribution is 2.20. The molecule has 0 aliphatic carbocycles. The normalized spacial score (nSPS) is 27.9. The molecule has 88 valence electrons. The van der Waals surface area contributed by atoms with E-state index in [0.29, 0.717) is 0 Å². The summed E-state index contributed by atoms with van der Waals surface area (Å²) in [4.78, 5) is 0. The molecule has 1 saturated heterocycles. The van der Waals surface area contributed by atoms with Gasteiger partial charge in [0.15, 0.2) is 9.84 Å². The Balaban J connectivity index is 2.15. The largest absolute Gasteiger partial charge is 0.390 e. The lowest BCUT2D eigenvalue weighted by Gasteiger charge is -2.17. The summed E-state index contributed by atoms with van der Waals surface area (Å²) in [5.74, 6) is -0.140. The maximum atomic E-state index is 11.3. The van der Waals surface area contributed by atoms with Crippen LogP contribution in [0.1, 0.15) is 5.56 Å². The van der Waals surface area contributed by atoms with E-state index in [2.05, 4.69) is 5.32 Å². The van der Waals surface area contributed by atoms with Crippen molar-refractivity contribution in [2.45, 2.75) is 19.1 Å². The van der Waals surface area contributed by atoms with E-state index in [1.54, 1.807) is 0 Å². The number of benzene rings is 1. The van der Waals surface area contributed by atoms with Crippen molar-refractivity contribution in [3.63, 3.8) is 0 Å². The number of sulfone groups is 1. The molecule has 16 heavy (non-hydrogen) atoms. The molecular formula is C11H15NO3S. The first-order valence-corrected chi connectivity index (χ1v) is 7.01. The van der Waals surface area contributed by atoms with Crippen LogP contribution in [0.3, 0.4) is 0 Å². The second-order valence-electron chi connectivity index (χ2n) is 4.21. The minimum Gasteiger partial charge on any atom is -0.390 e. The van der Waals surface area contributed by atoms with Gasteiger partial charge in [-0.15, -0.1) is 0 Å². The van der Waals surface area contributed by atoms with Gasteiger partial charge in [-0.05, 0) is 18.6 Å². The van der Waals surface area contributed by atoms with Gasteiger partial charge in [-0.1, -0.05) is 18.2 Å². The zero-order valence-electron chi connectivity index (χ0n) is 9.05. The number of anilines is 1. The molecule has 0 bridgehead atoms. The third kappa shape index (κ3) is 2.36. The number of aliphatic hydroxyl groups is 1. The highest BCUT2D eigenvalue weighted by molar-refractivity contribution is 7.91. The van der Waals surface area contributed by atoms with Crippen molar-refractivity contribution >= 4 is 15.5 Å². The van der Waals surface area contributed by atoms with Crippen LogP contribution in [-0.4, -0.2) is 37.2 Å². The topological polar surface area (TPSA) is 66.4 Å². The van der Waals surface area contributed by atoms with Crippen molar-refractivity contribution in [1.82, 2.24) is 0 Å². The zero-order valence-corrected chi connectivity index (χ0v) is 9.87. The second-order valence-corrected chi connectivity index (χ2v) is 6.36. The fourth-order valence-electron chi connectivity index (χ4n) is 1.90. The van der Waals surface area contributed by atoms with Gasteiger partial charge < -0.3 is 10.4 Å². The van der Waals surface area contributed by atoms with E-state index in [9.17, 15) is 13.5 Å². The molecule has 5 heteroatoms. The Morgan fingerprint density at radius 2 is 2.00 bits per heavy atom. The Morgan fingerprint density at radius 1 is 1.31 bits per heavy atom. The number of nitrogens with one attached hydrogen (secondary N) is 1. The molecule has 1 aliphatic heterocycles. The van der Waals surface area contributed by atoms with E-state index in [4.69, 9.17) is 0 Å². The number of aliphatic hydroxyl groups excluding tert-OH is 1. The average Bonchev–Trinajstić information content (AvgIpc) is 2.44. The van der Waals surface area contributed by atoms with Crippen LogP contribution in [0, 0.1) is 6.92 Å². The van der Waals surface area contributed by atoms with E-state index >= 15 is 0 Å². The number of para-hydroxylation sites is 1. The summed E-state index contributed by atoms with van der Waals surface area (Å²) in [5, 5.41) is 12.7. The summed E-state index contributed by atoms with van der Waals surface area (Å²) in [7, 11) is -3.09. The van der Waals surface area contributed by atoms with E-state index < -0.39 is 22.0 Å². The first-order valence-electron chi connectivity index (χ1n) is 5.18. The third-order valence-corrected chi connectivity index (χ3v) is 4.52.